The van der Waals surface area contributed by atoms with Crippen LogP contribution in [0.5, 0.6) is 0 Å². The third kappa shape index (κ3) is 4.21. The van der Waals surface area contributed by atoms with E-state index in [2.05, 4.69) is 11.9 Å². The van der Waals surface area contributed by atoms with E-state index in [-0.39, 0.29) is 17.7 Å². The van der Waals surface area contributed by atoms with Crippen molar-refractivity contribution < 1.29 is 9.90 Å². The summed E-state index contributed by atoms with van der Waals surface area (Å²) in [7, 11) is 1.78. The average molecular weight is 355 g/mol. The van der Waals surface area contributed by atoms with Gasteiger partial charge in [-0.3, -0.25) is 4.79 Å². The van der Waals surface area contributed by atoms with Crippen LogP contribution in [0.25, 0.3) is 0 Å². The summed E-state index contributed by atoms with van der Waals surface area (Å²) in [4.78, 5) is 14.0. The Kier molecular flexibility index (Phi) is 5.60. The molecule has 1 aromatic rings. The molecule has 1 heterocycles. The molecule has 1 unspecified atom stereocenters. The summed E-state index contributed by atoms with van der Waals surface area (Å²) < 4.78 is 0. The quantitative estimate of drug-likeness (QED) is 0.847. The molecular weight excluding hydrogens is 335 g/mol. The van der Waals surface area contributed by atoms with Crippen LogP contribution in [0.1, 0.15) is 18.9 Å². The van der Waals surface area contributed by atoms with E-state index >= 15 is 0 Å². The van der Waals surface area contributed by atoms with Crippen LogP contribution in [-0.4, -0.2) is 35.5 Å². The number of aliphatic hydroxyl groups is 1. The second-order valence-electron chi connectivity index (χ2n) is 5.79. The van der Waals surface area contributed by atoms with Gasteiger partial charge < -0.3 is 15.3 Å². The van der Waals surface area contributed by atoms with Crippen molar-refractivity contribution in [3.63, 3.8) is 0 Å². The van der Waals surface area contributed by atoms with Gasteiger partial charge in [0.1, 0.15) is 5.76 Å². The van der Waals surface area contributed by atoms with Crippen molar-refractivity contribution in [3.05, 3.63) is 57.4 Å². The number of carbonyl (C=O) groups is 1. The lowest BCUT2D eigenvalue weighted by Crippen LogP contribution is -2.35. The first kappa shape index (κ1) is 17.7. The van der Waals surface area contributed by atoms with Crippen LogP contribution >= 0.6 is 23.2 Å². The number of nitrogens with zero attached hydrogens (tertiary/aromatic N) is 1. The van der Waals surface area contributed by atoms with Crippen LogP contribution in [0, 0.1) is 0 Å². The fourth-order valence-corrected chi connectivity index (χ4v) is 2.72. The minimum Gasteiger partial charge on any atom is -0.505 e. The molecule has 0 aliphatic carbocycles. The number of nitrogens with one attached hydrogen (secondary N) is 1. The van der Waals surface area contributed by atoms with E-state index in [1.165, 1.54) is 0 Å². The van der Waals surface area contributed by atoms with E-state index in [0.29, 0.717) is 27.9 Å². The highest BCUT2D eigenvalue weighted by atomic mass is 35.5. The predicted molar refractivity (Wildman–Crippen MR) is 93.8 cm³/mol. The Bertz CT molecular complexity index is 671. The monoisotopic (exact) mass is 354 g/mol. The molecule has 0 spiro atoms. The lowest BCUT2D eigenvalue weighted by atomic mass is 10.1. The maximum absolute atomic E-state index is 12.2. The Morgan fingerprint density at radius 1 is 1.43 bits per heavy atom. The molecular formula is C17H20Cl2N2O2. The molecule has 23 heavy (non-hydrogen) atoms. The highest BCUT2D eigenvalue weighted by Crippen LogP contribution is 2.24. The van der Waals surface area contributed by atoms with Gasteiger partial charge in [0.25, 0.3) is 5.91 Å². The van der Waals surface area contributed by atoms with E-state index in [4.69, 9.17) is 23.2 Å². The average Bonchev–Trinajstić information content (AvgIpc) is 2.76. The molecule has 1 aromatic carbocycles. The number of benzene rings is 1. The molecule has 1 atom stereocenters. The van der Waals surface area contributed by atoms with E-state index in [0.717, 1.165) is 18.4 Å². The molecule has 1 aliphatic heterocycles. The molecule has 2 N–H and O–H groups in total. The van der Waals surface area contributed by atoms with Crippen molar-refractivity contribution in [2.75, 3.05) is 13.6 Å². The van der Waals surface area contributed by atoms with Crippen molar-refractivity contribution in [1.82, 2.24) is 10.2 Å². The lowest BCUT2D eigenvalue weighted by Gasteiger charge is -2.15. The molecule has 0 saturated carbocycles. The van der Waals surface area contributed by atoms with Crippen molar-refractivity contribution >= 4 is 29.1 Å². The number of amides is 1. The molecule has 124 valence electrons. The Balaban J connectivity index is 1.89. The highest BCUT2D eigenvalue weighted by Gasteiger charge is 2.27. The van der Waals surface area contributed by atoms with Gasteiger partial charge in [-0.25, -0.2) is 0 Å². The smallest absolute Gasteiger partial charge is 0.253 e. The number of carbonyl (C=O) groups excluding carboxylic acids is 1. The molecule has 1 amide bonds. The Morgan fingerprint density at radius 2 is 2.13 bits per heavy atom. The number of aliphatic hydroxyl groups excluding tert-OH is 1. The van der Waals surface area contributed by atoms with Crippen LogP contribution in [-0.2, 0) is 11.2 Å². The van der Waals surface area contributed by atoms with Gasteiger partial charge in [-0.1, -0.05) is 35.8 Å². The number of rotatable bonds is 5. The molecule has 1 aliphatic rings. The summed E-state index contributed by atoms with van der Waals surface area (Å²) in [6.45, 7) is 6.04. The lowest BCUT2D eigenvalue weighted by molar-refractivity contribution is -0.118. The van der Waals surface area contributed by atoms with E-state index < -0.39 is 0 Å². The van der Waals surface area contributed by atoms with Crippen molar-refractivity contribution in [2.24, 2.45) is 0 Å². The first-order valence-electron chi connectivity index (χ1n) is 7.37. The van der Waals surface area contributed by atoms with Crippen molar-refractivity contribution in [3.8, 4) is 0 Å². The number of hydrogen-bond acceptors (Lipinski definition) is 3. The largest absolute Gasteiger partial charge is 0.505 e. The summed E-state index contributed by atoms with van der Waals surface area (Å²) in [6.07, 6.45) is 1.53. The maximum Gasteiger partial charge on any atom is 0.253 e. The Hall–Kier alpha value is -1.65. The third-order valence-corrected chi connectivity index (χ3v) is 4.66. The Morgan fingerprint density at radius 3 is 2.70 bits per heavy atom. The summed E-state index contributed by atoms with van der Waals surface area (Å²) >= 11 is 11.9. The first-order valence-corrected chi connectivity index (χ1v) is 8.12. The standard InChI is InChI=1S/C17H20Cl2N2O2/c1-10(4-5-12-6-7-14(18)15(19)8-12)20-17(23)13-9-21(3)11(2)16(13)22/h6-8,10,22H,2,4-5,9H2,1,3H3,(H,20,23). The fourth-order valence-electron chi connectivity index (χ4n) is 2.40. The summed E-state index contributed by atoms with van der Waals surface area (Å²) in [6, 6.07) is 5.50. The minimum atomic E-state index is -0.255. The second-order valence-corrected chi connectivity index (χ2v) is 6.61. The molecule has 0 saturated heterocycles. The molecule has 2 rings (SSSR count). The van der Waals surface area contributed by atoms with Crippen LogP contribution in [0.2, 0.25) is 10.0 Å². The molecule has 4 nitrogen and oxygen atoms in total. The van der Waals surface area contributed by atoms with Crippen LogP contribution in [0.15, 0.2) is 41.8 Å². The van der Waals surface area contributed by atoms with Gasteiger partial charge >= 0.3 is 0 Å². The van der Waals surface area contributed by atoms with Crippen LogP contribution in [0.4, 0.5) is 0 Å². The van der Waals surface area contributed by atoms with Gasteiger partial charge in [-0.05, 0) is 37.5 Å². The zero-order valence-corrected chi connectivity index (χ0v) is 14.7. The molecule has 6 heteroatoms. The van der Waals surface area contributed by atoms with Gasteiger partial charge in [0.2, 0.25) is 0 Å². The van der Waals surface area contributed by atoms with E-state index in [1.54, 1.807) is 18.0 Å². The topological polar surface area (TPSA) is 52.6 Å². The normalized spacial score (nSPS) is 16.0. The summed E-state index contributed by atoms with van der Waals surface area (Å²) in [5.74, 6) is -0.281. The number of likely N-dealkylation sites (N-methyl/N-ethyl adjacent to an activating group) is 1. The minimum absolute atomic E-state index is 0.0262. The zero-order valence-electron chi connectivity index (χ0n) is 13.2. The van der Waals surface area contributed by atoms with Crippen LogP contribution in [0.3, 0.4) is 0 Å². The zero-order chi connectivity index (χ0) is 17.1. The maximum atomic E-state index is 12.2. The molecule has 0 fully saturated rings. The van der Waals surface area contributed by atoms with Gasteiger partial charge in [-0.15, -0.1) is 0 Å². The van der Waals surface area contributed by atoms with Crippen molar-refractivity contribution in [1.29, 1.82) is 0 Å². The third-order valence-electron chi connectivity index (χ3n) is 3.92. The SMILES string of the molecule is C=C1C(O)=C(C(=O)NC(C)CCc2ccc(Cl)c(Cl)c2)CN1C. The number of halogens is 2. The van der Waals surface area contributed by atoms with E-state index in [9.17, 15) is 9.90 Å². The second kappa shape index (κ2) is 7.28. The molecule has 0 aromatic heterocycles. The van der Waals surface area contributed by atoms with Gasteiger partial charge in [0.15, 0.2) is 0 Å². The predicted octanol–water partition coefficient (Wildman–Crippen LogP) is 3.70. The van der Waals surface area contributed by atoms with Crippen molar-refractivity contribution in [2.45, 2.75) is 25.8 Å². The van der Waals surface area contributed by atoms with Gasteiger partial charge in [0, 0.05) is 13.1 Å². The van der Waals surface area contributed by atoms with Crippen LogP contribution < -0.4 is 5.32 Å². The summed E-state index contributed by atoms with van der Waals surface area (Å²) in [5.41, 5.74) is 1.90. The van der Waals surface area contributed by atoms with Gasteiger partial charge in [0.05, 0.1) is 27.9 Å². The van der Waals surface area contributed by atoms with E-state index in [1.807, 2.05) is 19.1 Å². The number of aryl methyl sites for hydroxylation is 1. The van der Waals surface area contributed by atoms with Gasteiger partial charge in [-0.2, -0.15) is 0 Å². The summed E-state index contributed by atoms with van der Waals surface area (Å²) in [5, 5.41) is 13.9. The molecule has 0 radical (unpaired) electrons. The highest BCUT2D eigenvalue weighted by molar-refractivity contribution is 6.42. The molecule has 0 bridgehead atoms. The Labute approximate surface area is 146 Å². The first-order chi connectivity index (χ1) is 10.8. The fraction of sp³-hybridized carbons (Fsp3) is 0.353. The number of hydrogen-bond donors (Lipinski definition) is 2.